The van der Waals surface area contributed by atoms with Crippen LogP contribution in [0.2, 0.25) is 0 Å². The number of alkyl halides is 1. The molecule has 0 saturated carbocycles. The lowest BCUT2D eigenvalue weighted by atomic mass is 9.97. The number of halogens is 1. The first kappa shape index (κ1) is 49.3. The second-order valence-electron chi connectivity index (χ2n) is 16.0. The minimum absolute atomic E-state index is 0.00960. The van der Waals surface area contributed by atoms with Gasteiger partial charge >= 0.3 is 35.8 Å². The van der Waals surface area contributed by atoms with Crippen molar-refractivity contribution in [2.24, 2.45) is 0 Å². The van der Waals surface area contributed by atoms with E-state index in [9.17, 15) is 33.9 Å². The summed E-state index contributed by atoms with van der Waals surface area (Å²) in [6.07, 6.45) is -18.9. The number of aliphatic hydroxyl groups is 1. The first-order valence-electron chi connectivity index (χ1n) is 22.3. The van der Waals surface area contributed by atoms with E-state index in [4.69, 9.17) is 42.6 Å². The van der Waals surface area contributed by atoms with Gasteiger partial charge in [0, 0.05) is 0 Å². The average Bonchev–Trinajstić information content (AvgIpc) is 3.42. The highest BCUT2D eigenvalue weighted by molar-refractivity contribution is 5.92. The number of ether oxygens (including phenoxy) is 9. The van der Waals surface area contributed by atoms with Gasteiger partial charge in [-0.25, -0.2) is 33.2 Å². The maximum Gasteiger partial charge on any atom is 0.338 e. The van der Waals surface area contributed by atoms with Gasteiger partial charge in [-0.1, -0.05) is 109 Å². The number of aliphatic hydroxyl groups excluding tert-OH is 1. The van der Waals surface area contributed by atoms with Crippen LogP contribution in [0.3, 0.4) is 0 Å². The molecule has 364 valence electrons. The van der Waals surface area contributed by atoms with Crippen molar-refractivity contribution >= 4 is 35.8 Å². The lowest BCUT2D eigenvalue weighted by Gasteiger charge is -2.45. The monoisotopic (exact) mass is 968 g/mol. The average molecular weight is 969 g/mol. The third-order valence-corrected chi connectivity index (χ3v) is 11.3. The summed E-state index contributed by atoms with van der Waals surface area (Å²) in [4.78, 5) is 82.8. The maximum absolute atomic E-state index is 16.8. The Hall–Kier alpha value is -8.09. The van der Waals surface area contributed by atoms with Crippen molar-refractivity contribution in [1.29, 1.82) is 0 Å². The van der Waals surface area contributed by atoms with Crippen LogP contribution in [0.1, 0.15) is 62.1 Å². The Kier molecular flexibility index (Phi) is 16.3. The lowest BCUT2D eigenvalue weighted by Crippen LogP contribution is -2.64. The quantitative estimate of drug-likeness (QED) is 0.0785. The van der Waals surface area contributed by atoms with E-state index in [1.54, 1.807) is 109 Å². The molecule has 2 aliphatic rings. The number of benzene rings is 6. The van der Waals surface area contributed by atoms with E-state index < -0.39 is 111 Å². The predicted molar refractivity (Wildman–Crippen MR) is 245 cm³/mol. The van der Waals surface area contributed by atoms with Gasteiger partial charge in [0.25, 0.3) is 0 Å². The van der Waals surface area contributed by atoms with Gasteiger partial charge < -0.3 is 47.7 Å². The van der Waals surface area contributed by atoms with Gasteiger partial charge in [0.05, 0.1) is 46.6 Å². The molecule has 0 radical (unpaired) electrons. The van der Waals surface area contributed by atoms with Crippen LogP contribution in [-0.4, -0.2) is 116 Å². The van der Waals surface area contributed by atoms with E-state index in [1.807, 2.05) is 0 Å². The third-order valence-electron chi connectivity index (χ3n) is 11.3. The van der Waals surface area contributed by atoms with E-state index in [1.165, 1.54) is 72.8 Å². The van der Waals surface area contributed by atoms with Gasteiger partial charge in [0.1, 0.15) is 12.2 Å². The zero-order valence-electron chi connectivity index (χ0n) is 37.5. The molecule has 10 atom stereocenters. The third kappa shape index (κ3) is 12.2. The highest BCUT2D eigenvalue weighted by Gasteiger charge is 2.56. The van der Waals surface area contributed by atoms with Gasteiger partial charge in [0.15, 0.2) is 42.9 Å². The van der Waals surface area contributed by atoms with Crippen molar-refractivity contribution in [3.8, 4) is 0 Å². The molecular formula is C54H45FO16. The second-order valence-corrected chi connectivity index (χ2v) is 16.0. The Morgan fingerprint density at radius 1 is 0.366 bits per heavy atom. The summed E-state index contributed by atoms with van der Waals surface area (Å²) < 4.78 is 70.5. The molecule has 0 aromatic heterocycles. The molecule has 71 heavy (non-hydrogen) atoms. The Balaban J connectivity index is 1.17. The predicted octanol–water partition coefficient (Wildman–Crippen LogP) is 6.77. The molecule has 16 nitrogen and oxygen atoms in total. The summed E-state index contributed by atoms with van der Waals surface area (Å²) in [5, 5.41) is 10.8. The van der Waals surface area contributed by atoms with Gasteiger partial charge in [-0.2, -0.15) is 0 Å². The standard InChI is InChI=1S/C54H45FO16/c55-47-45(70-52(61)37-27-15-5-16-28-37)43(68-50(59)35-23-11-3-12-24-35)42(67-49(58)34-21-9-2-10-22-34)40(64-47)32-63-54-46(71-53(62)38-29-17-6-18-30-38)44(69-51(60)36-25-13-4-14-26-36)41(39(31-56)65-54)66-48(57)33-19-7-1-8-20-33/h1-30,39-47,54,56H,31-32H2. The first-order valence-corrected chi connectivity index (χ1v) is 22.3. The number of carbonyl (C=O) groups excluding carboxylic acids is 6. The van der Waals surface area contributed by atoms with Crippen LogP contribution in [0, 0.1) is 0 Å². The molecular weight excluding hydrogens is 924 g/mol. The smallest absolute Gasteiger partial charge is 0.338 e. The normalized spacial score (nSPS) is 23.7. The summed E-state index contributed by atoms with van der Waals surface area (Å²) in [6, 6.07) is 45.9. The number of hydrogen-bond acceptors (Lipinski definition) is 16. The molecule has 8 rings (SSSR count). The van der Waals surface area contributed by atoms with Crippen molar-refractivity contribution in [3.05, 3.63) is 215 Å². The van der Waals surface area contributed by atoms with E-state index in [0.29, 0.717) is 0 Å². The number of hydrogen-bond donors (Lipinski definition) is 1. The van der Waals surface area contributed by atoms with Crippen molar-refractivity contribution in [2.75, 3.05) is 13.2 Å². The molecule has 10 unspecified atom stereocenters. The van der Waals surface area contributed by atoms with Gasteiger partial charge in [-0.15, -0.1) is 0 Å². The second kappa shape index (κ2) is 23.5. The van der Waals surface area contributed by atoms with E-state index in [-0.39, 0.29) is 33.4 Å². The summed E-state index contributed by atoms with van der Waals surface area (Å²) in [7, 11) is 0. The molecule has 2 saturated heterocycles. The lowest BCUT2D eigenvalue weighted by molar-refractivity contribution is -0.316. The molecule has 2 heterocycles. The Morgan fingerprint density at radius 3 is 0.958 bits per heavy atom. The Morgan fingerprint density at radius 2 is 0.634 bits per heavy atom. The highest BCUT2D eigenvalue weighted by Crippen LogP contribution is 2.35. The van der Waals surface area contributed by atoms with Crippen LogP contribution >= 0.6 is 0 Å². The van der Waals surface area contributed by atoms with Crippen molar-refractivity contribution < 1.29 is 80.9 Å². The van der Waals surface area contributed by atoms with Gasteiger partial charge in [0.2, 0.25) is 6.36 Å². The van der Waals surface area contributed by atoms with Crippen LogP contribution in [0.25, 0.3) is 0 Å². The summed E-state index contributed by atoms with van der Waals surface area (Å²) in [6.45, 7) is -1.73. The van der Waals surface area contributed by atoms with Crippen LogP contribution in [0.4, 0.5) is 4.39 Å². The largest absolute Gasteiger partial charge is 0.452 e. The van der Waals surface area contributed by atoms with Crippen molar-refractivity contribution in [3.63, 3.8) is 0 Å². The topological polar surface area (TPSA) is 206 Å². The number of carbonyl (C=O) groups is 6. The van der Waals surface area contributed by atoms with Gasteiger partial charge in [-0.3, -0.25) is 0 Å². The Bertz CT molecular complexity index is 2730. The van der Waals surface area contributed by atoms with E-state index in [0.717, 1.165) is 0 Å². The molecule has 2 aliphatic heterocycles. The highest BCUT2D eigenvalue weighted by atomic mass is 19.1. The number of rotatable bonds is 16. The fourth-order valence-corrected chi connectivity index (χ4v) is 7.75. The molecule has 17 heteroatoms. The zero-order chi connectivity index (χ0) is 49.7. The molecule has 0 amide bonds. The Labute approximate surface area is 405 Å². The summed E-state index contributed by atoms with van der Waals surface area (Å²) in [5.74, 6) is -5.89. The summed E-state index contributed by atoms with van der Waals surface area (Å²) >= 11 is 0. The molecule has 0 aliphatic carbocycles. The fourth-order valence-electron chi connectivity index (χ4n) is 7.75. The van der Waals surface area contributed by atoms with Crippen LogP contribution < -0.4 is 0 Å². The minimum atomic E-state index is -2.58. The van der Waals surface area contributed by atoms with E-state index in [2.05, 4.69) is 0 Å². The van der Waals surface area contributed by atoms with Crippen LogP contribution in [0.15, 0.2) is 182 Å². The van der Waals surface area contributed by atoms with Crippen LogP contribution in [-0.2, 0) is 42.6 Å². The summed E-state index contributed by atoms with van der Waals surface area (Å²) in [5.41, 5.74) is 0.198. The molecule has 6 aromatic rings. The SMILES string of the molecule is O=C(OC1C(F)OC(COC2OC(CO)C(OC(=O)c3ccccc3)C(OC(=O)c3ccccc3)C2OC(=O)c2ccccc2)C(OC(=O)c2ccccc2)C1OC(=O)c1ccccc1)c1ccccc1. The molecule has 6 aromatic carbocycles. The van der Waals surface area contributed by atoms with Crippen molar-refractivity contribution in [2.45, 2.75) is 61.5 Å². The van der Waals surface area contributed by atoms with Crippen molar-refractivity contribution in [1.82, 2.24) is 0 Å². The molecule has 0 spiro atoms. The van der Waals surface area contributed by atoms with E-state index >= 15 is 4.39 Å². The molecule has 0 bridgehead atoms. The molecule has 2 fully saturated rings. The first-order chi connectivity index (χ1) is 34.6. The number of esters is 6. The van der Waals surface area contributed by atoms with Crippen LogP contribution in [0.5, 0.6) is 0 Å². The molecule has 1 N–H and O–H groups in total. The zero-order valence-corrected chi connectivity index (χ0v) is 37.5. The fraction of sp³-hybridized carbons (Fsp3) is 0.222. The maximum atomic E-state index is 16.8. The minimum Gasteiger partial charge on any atom is -0.452 e. The van der Waals surface area contributed by atoms with Gasteiger partial charge in [-0.05, 0) is 72.8 Å².